The van der Waals surface area contributed by atoms with Crippen molar-refractivity contribution in [1.29, 1.82) is 0 Å². The maximum Gasteiger partial charge on any atom is 0.286 e. The van der Waals surface area contributed by atoms with Crippen LogP contribution in [0.4, 0.5) is 0 Å². The average Bonchev–Trinajstić information content (AvgIpc) is 3.35. The van der Waals surface area contributed by atoms with Crippen LogP contribution >= 0.6 is 58.8 Å². The number of ketones is 3. The molecule has 0 radical (unpaired) electrons. The van der Waals surface area contributed by atoms with Gasteiger partial charge in [0.25, 0.3) is 17.1 Å². The third-order valence-corrected chi connectivity index (χ3v) is 10.8. The smallest absolute Gasteiger partial charge is 0.286 e. The quantitative estimate of drug-likeness (QED) is 0.0243. The second kappa shape index (κ2) is 27.9. The molecule has 2 amide bonds. The van der Waals surface area contributed by atoms with Gasteiger partial charge in [0.2, 0.25) is 0 Å². The lowest BCUT2D eigenvalue weighted by molar-refractivity contribution is -0.143. The van der Waals surface area contributed by atoms with E-state index >= 15 is 0 Å². The van der Waals surface area contributed by atoms with Crippen LogP contribution in [0.3, 0.4) is 0 Å². The van der Waals surface area contributed by atoms with Crippen LogP contribution in [-0.2, 0) is 14.4 Å². The zero-order valence-corrected chi connectivity index (χ0v) is 42.7. The molecule has 20 heteroatoms. The van der Waals surface area contributed by atoms with E-state index in [1.54, 1.807) is 170 Å². The van der Waals surface area contributed by atoms with Crippen molar-refractivity contribution < 1.29 is 58.6 Å². The molecule has 15 nitrogen and oxygen atoms in total. The van der Waals surface area contributed by atoms with E-state index < -0.39 is 33.9 Å². The van der Waals surface area contributed by atoms with Crippen molar-refractivity contribution in [1.82, 2.24) is 11.0 Å². The molecule has 0 bridgehead atoms. The molecule has 376 valence electrons. The number of ether oxygens (including phenoxy) is 3. The number of nitrogens with one attached hydrogen (secondary N) is 2. The van der Waals surface area contributed by atoms with Gasteiger partial charge in [-0.05, 0) is 199 Å². The normalized spacial score (nSPS) is 10.6. The molecule has 0 saturated heterocycles. The van der Waals surface area contributed by atoms with Gasteiger partial charge < -0.3 is 19.4 Å². The molecule has 0 heterocycles. The maximum atomic E-state index is 12.3. The summed E-state index contributed by atoms with van der Waals surface area (Å²) in [7, 11) is 0. The molecule has 6 aromatic rings. The first kappa shape index (κ1) is 60.8. The van der Waals surface area contributed by atoms with E-state index in [9.17, 15) is 28.8 Å². The van der Waals surface area contributed by atoms with Crippen molar-refractivity contribution in [2.75, 3.05) is 0 Å². The lowest BCUT2D eigenvalue weighted by Gasteiger charge is -2.23. The number of rotatable bonds is 15. The highest BCUT2D eigenvalue weighted by atomic mass is 35.5. The minimum atomic E-state index is -1.24. The topological polar surface area (TPSA) is 241 Å². The molecular formula is C51H50Cl5N3O12. The van der Waals surface area contributed by atoms with E-state index in [4.69, 9.17) is 76.2 Å². The summed E-state index contributed by atoms with van der Waals surface area (Å²) < 4.78 is 16.5. The monoisotopic (exact) mass is 1070 g/mol. The molecule has 0 aromatic heterocycles. The Kier molecular flexibility index (Phi) is 23.8. The second-order valence-electron chi connectivity index (χ2n) is 16.1. The van der Waals surface area contributed by atoms with Gasteiger partial charge in [0.15, 0.2) is 34.2 Å². The highest BCUT2D eigenvalue weighted by Crippen LogP contribution is 2.25. The number of hydroxylamine groups is 2. The Hall–Kier alpha value is -6.37. The summed E-state index contributed by atoms with van der Waals surface area (Å²) in [6.45, 7) is 9.23. The van der Waals surface area contributed by atoms with Crippen molar-refractivity contribution in [3.8, 4) is 17.2 Å². The van der Waals surface area contributed by atoms with Gasteiger partial charge in [-0.3, -0.25) is 39.2 Å². The zero-order chi connectivity index (χ0) is 52.4. The predicted molar refractivity (Wildman–Crippen MR) is 272 cm³/mol. The molecule has 0 aliphatic heterocycles. The van der Waals surface area contributed by atoms with E-state index in [0.717, 1.165) is 0 Å². The second-order valence-corrected chi connectivity index (χ2v) is 17.7. The highest BCUT2D eigenvalue weighted by molar-refractivity contribution is 6.65. The van der Waals surface area contributed by atoms with Crippen molar-refractivity contribution >= 4 is 93.2 Å². The number of hydrogen-bond acceptors (Lipinski definition) is 13. The standard InChI is InChI=1S/C17H14Cl2O3.2C17H16ClNO4.ClH.H3NO/c1-17(2,16(19)21)22-14-9-5-12(6-10-14)15(20)11-3-7-13(18)8-4-11;2*1-17(2,16(21)19-22)23-14-9-5-12(6-10-14)15(20)11-3-7-13(18)8-4-11;;1-2/h3-10H,1-2H3;2*3-10,22H,1-2H3,(H,19,21);1H;2H,1H2. The number of halogens is 5. The van der Waals surface area contributed by atoms with E-state index in [0.29, 0.717) is 65.7 Å². The maximum absolute atomic E-state index is 12.3. The molecule has 0 atom stereocenters. The first-order valence-corrected chi connectivity index (χ1v) is 22.1. The minimum Gasteiger partial charge on any atom is -0.479 e. The SMILES string of the molecule is CC(C)(Oc1ccc(C(=O)c2ccc(Cl)cc2)cc1)C(=O)Cl.CC(C)(Oc1ccc(C(=O)c2ccc(Cl)cc2)cc1)C(=O)NO.CC(C)(Oc1ccc(C(=O)c2ccc(Cl)cc2)cc1)C(=O)NO.Cl.NO. The first-order valence-electron chi connectivity index (χ1n) is 20.6. The Morgan fingerprint density at radius 3 is 0.761 bits per heavy atom. The summed E-state index contributed by atoms with van der Waals surface area (Å²) in [4.78, 5) is 71.1. The van der Waals surface area contributed by atoms with Crippen molar-refractivity contribution in [2.24, 2.45) is 5.90 Å². The molecule has 0 aliphatic rings. The van der Waals surface area contributed by atoms with Gasteiger partial charge in [-0.2, -0.15) is 0 Å². The zero-order valence-electron chi connectivity index (χ0n) is 38.9. The van der Waals surface area contributed by atoms with E-state index in [1.807, 2.05) is 0 Å². The average molecular weight is 1070 g/mol. The van der Waals surface area contributed by atoms with Gasteiger partial charge in [-0.25, -0.2) is 16.9 Å². The van der Waals surface area contributed by atoms with Gasteiger partial charge in [0, 0.05) is 48.4 Å². The van der Waals surface area contributed by atoms with Crippen LogP contribution in [0.2, 0.25) is 15.1 Å². The number of carbonyl (C=O) groups excluding carboxylic acids is 6. The Morgan fingerprint density at radius 2 is 0.577 bits per heavy atom. The summed E-state index contributed by atoms with van der Waals surface area (Å²) in [5.74, 6) is 3.05. The van der Waals surface area contributed by atoms with Crippen LogP contribution in [0, 0.1) is 0 Å². The summed E-state index contributed by atoms with van der Waals surface area (Å²) in [6.07, 6.45) is 0. The summed E-state index contributed by atoms with van der Waals surface area (Å²) in [6, 6.07) is 39.3. The van der Waals surface area contributed by atoms with Crippen LogP contribution in [0.1, 0.15) is 89.3 Å². The predicted octanol–water partition coefficient (Wildman–Crippen LogP) is 10.7. The van der Waals surface area contributed by atoms with Gasteiger partial charge in [0.1, 0.15) is 17.2 Å². The molecule has 6 rings (SSSR count). The molecule has 0 saturated carbocycles. The fourth-order valence-corrected chi connectivity index (χ4v) is 6.03. The van der Waals surface area contributed by atoms with Gasteiger partial charge in [0.05, 0.1) is 0 Å². The van der Waals surface area contributed by atoms with Gasteiger partial charge >= 0.3 is 0 Å². The van der Waals surface area contributed by atoms with Gasteiger partial charge in [-0.1, -0.05) is 34.8 Å². The van der Waals surface area contributed by atoms with Crippen molar-refractivity contribution in [3.05, 3.63) is 194 Å². The molecular weight excluding hydrogens is 1020 g/mol. The largest absolute Gasteiger partial charge is 0.479 e. The van der Waals surface area contributed by atoms with Gasteiger partial charge in [-0.15, -0.1) is 12.4 Å². The Labute approximate surface area is 436 Å². The van der Waals surface area contributed by atoms with Crippen LogP contribution in [0.15, 0.2) is 146 Å². The molecule has 0 aliphatic carbocycles. The minimum absolute atomic E-state index is 0. The highest BCUT2D eigenvalue weighted by Gasteiger charge is 2.31. The number of benzene rings is 6. The summed E-state index contributed by atoms with van der Waals surface area (Å²) in [5.41, 5.74) is 2.61. The summed E-state index contributed by atoms with van der Waals surface area (Å²) >= 11 is 22.9. The van der Waals surface area contributed by atoms with Crippen LogP contribution in [0.5, 0.6) is 17.2 Å². The lowest BCUT2D eigenvalue weighted by Crippen LogP contribution is -2.45. The lowest BCUT2D eigenvalue weighted by atomic mass is 10.0. The van der Waals surface area contributed by atoms with E-state index in [2.05, 4.69) is 5.90 Å². The van der Waals surface area contributed by atoms with Crippen molar-refractivity contribution in [3.63, 3.8) is 0 Å². The Bertz CT molecular complexity index is 2590. The van der Waals surface area contributed by atoms with E-state index in [-0.39, 0.29) is 29.8 Å². The molecule has 7 N–H and O–H groups in total. The first-order chi connectivity index (χ1) is 33.0. The molecule has 0 fully saturated rings. The number of hydrogen-bond donors (Lipinski definition) is 6. The summed E-state index contributed by atoms with van der Waals surface area (Å²) in [5, 5.41) is 25.0. The Morgan fingerprint density at radius 1 is 0.394 bits per heavy atom. The Balaban J connectivity index is 0.000000356. The third-order valence-electron chi connectivity index (χ3n) is 9.56. The van der Waals surface area contributed by atoms with Crippen LogP contribution in [-0.4, -0.2) is 66.8 Å². The molecule has 0 unspecified atom stereocenters. The number of nitrogens with two attached hydrogens (primary N) is 1. The fourth-order valence-electron chi connectivity index (χ4n) is 5.61. The van der Waals surface area contributed by atoms with Crippen molar-refractivity contribution in [2.45, 2.75) is 58.3 Å². The number of carbonyl (C=O) groups is 6. The third kappa shape index (κ3) is 18.4. The molecule has 71 heavy (non-hydrogen) atoms. The molecule has 6 aromatic carbocycles. The van der Waals surface area contributed by atoms with Crippen LogP contribution < -0.4 is 31.1 Å². The fraction of sp³-hybridized carbons (Fsp3) is 0.176. The number of amides is 2. The molecule has 0 spiro atoms. The van der Waals surface area contributed by atoms with Crippen LogP contribution in [0.25, 0.3) is 0 Å². The van der Waals surface area contributed by atoms with E-state index in [1.165, 1.54) is 27.7 Å².